The first-order valence-electron chi connectivity index (χ1n) is 4.11. The van der Waals surface area contributed by atoms with Gasteiger partial charge in [0.25, 0.3) is 0 Å². The molecule has 6 nitrogen and oxygen atoms in total. The van der Waals surface area contributed by atoms with E-state index in [1.807, 2.05) is 0 Å². The molecule has 80 valence electrons. The lowest BCUT2D eigenvalue weighted by Gasteiger charge is -2.12. The van der Waals surface area contributed by atoms with Crippen molar-refractivity contribution in [3.63, 3.8) is 0 Å². The zero-order valence-electron chi connectivity index (χ0n) is 8.08. The van der Waals surface area contributed by atoms with Crippen molar-refractivity contribution in [2.75, 3.05) is 12.0 Å². The van der Waals surface area contributed by atoms with Gasteiger partial charge in [0.1, 0.15) is 22.8 Å². The fraction of sp³-hybridized carbons (Fsp3) is 0.714. The summed E-state index contributed by atoms with van der Waals surface area (Å²) in [6.45, 7) is 1.50. The Hall–Kier alpha value is -0.950. The number of sulfone groups is 1. The molecule has 1 heterocycles. The van der Waals surface area contributed by atoms with Gasteiger partial charge in [0.15, 0.2) is 5.82 Å². The molecule has 0 spiro atoms. The molecule has 0 fully saturated rings. The van der Waals surface area contributed by atoms with Crippen molar-refractivity contribution in [3.8, 4) is 0 Å². The van der Waals surface area contributed by atoms with Gasteiger partial charge >= 0.3 is 0 Å². The number of aliphatic hydroxyl groups is 1. The van der Waals surface area contributed by atoms with Crippen molar-refractivity contribution in [1.82, 2.24) is 14.8 Å². The van der Waals surface area contributed by atoms with Crippen LogP contribution in [0.15, 0.2) is 6.33 Å². The first-order chi connectivity index (χ1) is 6.44. The van der Waals surface area contributed by atoms with Crippen LogP contribution in [0, 0.1) is 0 Å². The highest BCUT2D eigenvalue weighted by atomic mass is 32.2. The van der Waals surface area contributed by atoms with E-state index in [1.165, 1.54) is 12.6 Å². The van der Waals surface area contributed by atoms with Gasteiger partial charge in [-0.2, -0.15) is 0 Å². The molecule has 0 bridgehead atoms. The van der Waals surface area contributed by atoms with Crippen molar-refractivity contribution in [3.05, 3.63) is 12.2 Å². The molecule has 1 aromatic heterocycles. The summed E-state index contributed by atoms with van der Waals surface area (Å²) in [5, 5.41) is 16.1. The first-order valence-corrected chi connectivity index (χ1v) is 6.17. The second-order valence-corrected chi connectivity index (χ2v) is 5.44. The van der Waals surface area contributed by atoms with Gasteiger partial charge in [0, 0.05) is 12.3 Å². The minimum absolute atomic E-state index is 0.0119. The van der Waals surface area contributed by atoms with Crippen LogP contribution in [-0.2, 0) is 16.4 Å². The fourth-order valence-electron chi connectivity index (χ4n) is 1.27. The zero-order valence-corrected chi connectivity index (χ0v) is 8.90. The average molecular weight is 219 g/mol. The normalized spacial score (nSPS) is 14.2. The predicted octanol–water partition coefficient (Wildman–Crippen LogP) is -0.624. The van der Waals surface area contributed by atoms with Gasteiger partial charge < -0.3 is 9.67 Å². The molecule has 7 heteroatoms. The van der Waals surface area contributed by atoms with Crippen LogP contribution in [0.1, 0.15) is 18.8 Å². The molecule has 1 unspecified atom stereocenters. The van der Waals surface area contributed by atoms with Crippen molar-refractivity contribution >= 4 is 9.84 Å². The third-order valence-electron chi connectivity index (χ3n) is 1.81. The Kier molecular flexibility index (Phi) is 3.22. The molecule has 0 aliphatic heterocycles. The summed E-state index contributed by atoms with van der Waals surface area (Å²) in [4.78, 5) is 0. The Balaban J connectivity index is 2.84. The van der Waals surface area contributed by atoms with Crippen LogP contribution in [0.4, 0.5) is 0 Å². The van der Waals surface area contributed by atoms with Gasteiger partial charge in [-0.1, -0.05) is 0 Å². The summed E-state index contributed by atoms with van der Waals surface area (Å²) in [7, 11) is -3.03. The smallest absolute Gasteiger partial charge is 0.158 e. The Morgan fingerprint density at radius 2 is 2.29 bits per heavy atom. The van der Waals surface area contributed by atoms with Crippen molar-refractivity contribution in [2.24, 2.45) is 0 Å². The van der Waals surface area contributed by atoms with E-state index >= 15 is 0 Å². The predicted molar refractivity (Wildman–Crippen MR) is 50.4 cm³/mol. The third-order valence-corrected chi connectivity index (χ3v) is 2.90. The van der Waals surface area contributed by atoms with Crippen LogP contribution < -0.4 is 0 Å². The Labute approximate surface area is 82.5 Å². The van der Waals surface area contributed by atoms with E-state index in [4.69, 9.17) is 5.11 Å². The van der Waals surface area contributed by atoms with E-state index in [0.29, 0.717) is 5.82 Å². The summed E-state index contributed by atoms with van der Waals surface area (Å²) in [6, 6.07) is -0.262. The van der Waals surface area contributed by atoms with Gasteiger partial charge in [-0.3, -0.25) is 0 Å². The van der Waals surface area contributed by atoms with Crippen LogP contribution in [-0.4, -0.2) is 40.3 Å². The van der Waals surface area contributed by atoms with E-state index in [2.05, 4.69) is 10.2 Å². The first kappa shape index (κ1) is 11.1. The SMILES string of the molecule is CC(CS(C)(=O)=O)n1cnnc1CO. The number of rotatable bonds is 4. The van der Waals surface area contributed by atoms with Crippen molar-refractivity contribution in [2.45, 2.75) is 19.6 Å². The van der Waals surface area contributed by atoms with Gasteiger partial charge in [0.05, 0.1) is 5.75 Å². The van der Waals surface area contributed by atoms with Crippen molar-refractivity contribution < 1.29 is 13.5 Å². The molecular weight excluding hydrogens is 206 g/mol. The van der Waals surface area contributed by atoms with Gasteiger partial charge in [0.2, 0.25) is 0 Å². The van der Waals surface area contributed by atoms with Crippen LogP contribution in [0.3, 0.4) is 0 Å². The fourth-order valence-corrected chi connectivity index (χ4v) is 2.30. The maximum atomic E-state index is 11.0. The molecule has 1 N–H and O–H groups in total. The number of hydrogen-bond acceptors (Lipinski definition) is 5. The largest absolute Gasteiger partial charge is 0.388 e. The summed E-state index contributed by atoms with van der Waals surface area (Å²) >= 11 is 0. The maximum absolute atomic E-state index is 11.0. The Morgan fingerprint density at radius 1 is 1.64 bits per heavy atom. The third kappa shape index (κ3) is 2.78. The van der Waals surface area contributed by atoms with Crippen molar-refractivity contribution in [1.29, 1.82) is 0 Å². The molecule has 0 saturated carbocycles. The topological polar surface area (TPSA) is 85.1 Å². The number of nitrogens with zero attached hydrogens (tertiary/aromatic N) is 3. The monoisotopic (exact) mass is 219 g/mol. The minimum Gasteiger partial charge on any atom is -0.388 e. The molecule has 1 atom stereocenters. The summed E-state index contributed by atoms with van der Waals surface area (Å²) < 4.78 is 23.6. The molecule has 0 amide bonds. The van der Waals surface area contributed by atoms with E-state index in [1.54, 1.807) is 11.5 Å². The lowest BCUT2D eigenvalue weighted by Crippen LogP contribution is -2.18. The Morgan fingerprint density at radius 3 is 2.79 bits per heavy atom. The molecule has 0 aliphatic carbocycles. The van der Waals surface area contributed by atoms with Gasteiger partial charge in [-0.05, 0) is 6.92 Å². The lowest BCUT2D eigenvalue weighted by atomic mass is 10.4. The van der Waals surface area contributed by atoms with E-state index in [0.717, 1.165) is 0 Å². The molecule has 0 saturated heterocycles. The van der Waals surface area contributed by atoms with E-state index < -0.39 is 9.84 Å². The summed E-state index contributed by atoms with van der Waals surface area (Å²) in [5.41, 5.74) is 0. The van der Waals surface area contributed by atoms with E-state index in [9.17, 15) is 8.42 Å². The van der Waals surface area contributed by atoms with Crippen LogP contribution in [0.2, 0.25) is 0 Å². The number of aromatic nitrogens is 3. The molecule has 0 aliphatic rings. The number of aliphatic hydroxyl groups excluding tert-OH is 1. The second-order valence-electron chi connectivity index (χ2n) is 3.25. The standard InChI is InChI=1S/C7H13N3O3S/c1-6(4-14(2,12)13)10-5-8-9-7(10)3-11/h5-6,11H,3-4H2,1-2H3. The quantitative estimate of drug-likeness (QED) is 0.729. The summed E-state index contributed by atoms with van der Waals surface area (Å²) in [6.07, 6.45) is 2.59. The molecule has 14 heavy (non-hydrogen) atoms. The molecular formula is C7H13N3O3S. The van der Waals surface area contributed by atoms with Crippen LogP contribution in [0.5, 0.6) is 0 Å². The second kappa shape index (κ2) is 4.05. The van der Waals surface area contributed by atoms with Gasteiger partial charge in [-0.25, -0.2) is 8.42 Å². The van der Waals surface area contributed by atoms with Crippen LogP contribution >= 0.6 is 0 Å². The highest BCUT2D eigenvalue weighted by Gasteiger charge is 2.15. The molecule has 1 rings (SSSR count). The highest BCUT2D eigenvalue weighted by Crippen LogP contribution is 2.10. The average Bonchev–Trinajstić information content (AvgIpc) is 2.47. The molecule has 0 aromatic carbocycles. The maximum Gasteiger partial charge on any atom is 0.158 e. The lowest BCUT2D eigenvalue weighted by molar-refractivity contribution is 0.262. The summed E-state index contributed by atoms with van der Waals surface area (Å²) in [5.74, 6) is 0.388. The molecule has 1 aromatic rings. The Bertz CT molecular complexity index is 398. The number of hydrogen-bond donors (Lipinski definition) is 1. The van der Waals surface area contributed by atoms with Crippen LogP contribution in [0.25, 0.3) is 0 Å². The zero-order chi connectivity index (χ0) is 10.8. The van der Waals surface area contributed by atoms with Gasteiger partial charge in [-0.15, -0.1) is 10.2 Å². The molecule has 0 radical (unpaired) electrons. The highest BCUT2D eigenvalue weighted by molar-refractivity contribution is 7.90. The minimum atomic E-state index is -3.03. The van der Waals surface area contributed by atoms with E-state index in [-0.39, 0.29) is 18.4 Å².